The minimum absolute atomic E-state index is 0.140. The minimum atomic E-state index is -0.346. The van der Waals surface area contributed by atoms with Gasteiger partial charge in [-0.25, -0.2) is 4.79 Å². The standard InChI is InChI=1S/C24H28ClN3O4/c1-2-32-23(30)9-5-12-26-13-6-14-27-20-8-4-3-7-19(20)24(31)28(15-16-29)21-11-10-18(25)17-22(21)27/h3-5,7-11,17,26,29H,2,6,12-16H2,1H3/b9-5+. The Balaban J connectivity index is 1.77. The Kier molecular flexibility index (Phi) is 8.67. The van der Waals surface area contributed by atoms with Gasteiger partial charge in [-0.3, -0.25) is 4.79 Å². The van der Waals surface area contributed by atoms with Gasteiger partial charge in [0.2, 0.25) is 0 Å². The SMILES string of the molecule is CCOC(=O)/C=C/CNCCCN1c2ccccc2C(=O)N(CCO)c2ccc(Cl)cc21. The predicted molar refractivity (Wildman–Crippen MR) is 127 cm³/mol. The fourth-order valence-electron chi connectivity index (χ4n) is 3.67. The van der Waals surface area contributed by atoms with Crippen LogP contribution in [0.25, 0.3) is 0 Å². The number of ether oxygens (including phenoxy) is 1. The van der Waals surface area contributed by atoms with Crippen LogP contribution in [-0.4, -0.2) is 56.4 Å². The van der Waals surface area contributed by atoms with Crippen LogP contribution in [0.15, 0.2) is 54.6 Å². The molecule has 0 aromatic heterocycles. The van der Waals surface area contributed by atoms with Crippen molar-refractivity contribution in [3.63, 3.8) is 0 Å². The molecule has 1 heterocycles. The minimum Gasteiger partial charge on any atom is -0.463 e. The molecular formula is C24H28ClN3O4. The number of rotatable bonds is 10. The van der Waals surface area contributed by atoms with Crippen LogP contribution in [0.2, 0.25) is 5.02 Å². The topological polar surface area (TPSA) is 82.1 Å². The maximum atomic E-state index is 13.3. The fourth-order valence-corrected chi connectivity index (χ4v) is 3.84. The van der Waals surface area contributed by atoms with E-state index in [2.05, 4.69) is 10.2 Å². The van der Waals surface area contributed by atoms with Gasteiger partial charge in [0.15, 0.2) is 0 Å². The molecule has 1 aliphatic heterocycles. The smallest absolute Gasteiger partial charge is 0.330 e. The summed E-state index contributed by atoms with van der Waals surface area (Å²) >= 11 is 6.31. The van der Waals surface area contributed by atoms with E-state index in [0.717, 1.165) is 30.0 Å². The summed E-state index contributed by atoms with van der Waals surface area (Å²) in [5.41, 5.74) is 2.93. The number of para-hydroxylation sites is 1. The van der Waals surface area contributed by atoms with E-state index in [1.54, 1.807) is 30.0 Å². The van der Waals surface area contributed by atoms with Gasteiger partial charge in [-0.1, -0.05) is 29.8 Å². The zero-order valence-electron chi connectivity index (χ0n) is 18.1. The second kappa shape index (κ2) is 11.7. The predicted octanol–water partition coefficient (Wildman–Crippen LogP) is 3.53. The number of fused-ring (bicyclic) bond motifs is 2. The Morgan fingerprint density at radius 3 is 2.72 bits per heavy atom. The molecule has 0 atom stereocenters. The van der Waals surface area contributed by atoms with Crippen LogP contribution >= 0.6 is 11.6 Å². The maximum absolute atomic E-state index is 13.3. The van der Waals surface area contributed by atoms with E-state index >= 15 is 0 Å². The lowest BCUT2D eigenvalue weighted by Crippen LogP contribution is -2.33. The zero-order valence-corrected chi connectivity index (χ0v) is 18.8. The molecule has 0 fully saturated rings. The van der Waals surface area contributed by atoms with Gasteiger partial charge < -0.3 is 25.0 Å². The van der Waals surface area contributed by atoms with Gasteiger partial charge in [-0.05, 0) is 50.2 Å². The van der Waals surface area contributed by atoms with E-state index in [0.29, 0.717) is 30.3 Å². The highest BCUT2D eigenvalue weighted by molar-refractivity contribution is 6.31. The molecule has 0 aliphatic carbocycles. The molecule has 32 heavy (non-hydrogen) atoms. The highest BCUT2D eigenvalue weighted by Crippen LogP contribution is 2.41. The van der Waals surface area contributed by atoms with Gasteiger partial charge in [0.25, 0.3) is 5.91 Å². The molecule has 2 aromatic rings. The molecule has 0 bridgehead atoms. The number of esters is 1. The molecule has 0 spiro atoms. The Hall–Kier alpha value is -2.87. The van der Waals surface area contributed by atoms with Crippen LogP contribution in [0, 0.1) is 0 Å². The Morgan fingerprint density at radius 2 is 1.94 bits per heavy atom. The molecule has 2 aromatic carbocycles. The van der Waals surface area contributed by atoms with Gasteiger partial charge in [-0.2, -0.15) is 0 Å². The molecule has 0 radical (unpaired) electrons. The number of nitrogens with zero attached hydrogens (tertiary/aromatic N) is 2. The van der Waals surface area contributed by atoms with Crippen LogP contribution in [0.4, 0.5) is 17.1 Å². The van der Waals surface area contributed by atoms with Gasteiger partial charge in [0.1, 0.15) is 0 Å². The summed E-state index contributed by atoms with van der Waals surface area (Å²) < 4.78 is 4.85. The highest BCUT2D eigenvalue weighted by Gasteiger charge is 2.30. The molecule has 2 N–H and O–H groups in total. The van der Waals surface area contributed by atoms with E-state index in [9.17, 15) is 14.7 Å². The number of aliphatic hydroxyl groups is 1. The fraction of sp³-hybridized carbons (Fsp3) is 0.333. The van der Waals surface area contributed by atoms with Crippen LogP contribution in [-0.2, 0) is 9.53 Å². The first kappa shape index (κ1) is 23.8. The summed E-state index contributed by atoms with van der Waals surface area (Å²) in [6.45, 7) is 4.11. The molecular weight excluding hydrogens is 430 g/mol. The Labute approximate surface area is 193 Å². The number of aliphatic hydroxyl groups excluding tert-OH is 1. The van der Waals surface area contributed by atoms with Crippen molar-refractivity contribution in [2.24, 2.45) is 0 Å². The van der Waals surface area contributed by atoms with Crippen molar-refractivity contribution in [1.29, 1.82) is 0 Å². The number of amides is 1. The average Bonchev–Trinajstić information content (AvgIpc) is 2.88. The lowest BCUT2D eigenvalue weighted by atomic mass is 10.1. The van der Waals surface area contributed by atoms with Gasteiger partial charge >= 0.3 is 5.97 Å². The van der Waals surface area contributed by atoms with E-state index < -0.39 is 0 Å². The van der Waals surface area contributed by atoms with Crippen molar-refractivity contribution < 1.29 is 19.4 Å². The molecule has 1 amide bonds. The summed E-state index contributed by atoms with van der Waals surface area (Å²) in [6.07, 6.45) is 3.95. The normalized spacial score (nSPS) is 13.2. The molecule has 0 saturated carbocycles. The van der Waals surface area contributed by atoms with Crippen molar-refractivity contribution >= 4 is 40.5 Å². The molecule has 170 valence electrons. The van der Waals surface area contributed by atoms with Crippen molar-refractivity contribution in [2.45, 2.75) is 13.3 Å². The third kappa shape index (κ3) is 5.68. The summed E-state index contributed by atoms with van der Waals surface area (Å²) in [4.78, 5) is 28.3. The highest BCUT2D eigenvalue weighted by atomic mass is 35.5. The monoisotopic (exact) mass is 457 g/mol. The number of hydrogen-bond donors (Lipinski definition) is 2. The second-order valence-corrected chi connectivity index (χ2v) is 7.63. The Morgan fingerprint density at radius 1 is 1.12 bits per heavy atom. The first-order chi connectivity index (χ1) is 15.6. The molecule has 3 rings (SSSR count). The number of carbonyl (C=O) groups is 2. The molecule has 0 saturated heterocycles. The van der Waals surface area contributed by atoms with Crippen LogP contribution in [0.5, 0.6) is 0 Å². The third-order valence-electron chi connectivity index (χ3n) is 5.05. The third-order valence-corrected chi connectivity index (χ3v) is 5.29. The number of nitrogens with one attached hydrogen (secondary N) is 1. The van der Waals surface area contributed by atoms with Gasteiger partial charge in [-0.15, -0.1) is 0 Å². The average molecular weight is 458 g/mol. The zero-order chi connectivity index (χ0) is 22.9. The van der Waals surface area contributed by atoms with Crippen molar-refractivity contribution in [1.82, 2.24) is 5.32 Å². The van der Waals surface area contributed by atoms with Gasteiger partial charge in [0.05, 0.1) is 35.8 Å². The number of β-amino-alcohol motifs (C(OH)–C–C–N with tert-alkyl or cyclic N) is 1. The number of halogens is 1. The van der Waals surface area contributed by atoms with Crippen LogP contribution in [0.1, 0.15) is 23.7 Å². The summed E-state index contributed by atoms with van der Waals surface area (Å²) in [7, 11) is 0. The number of benzene rings is 2. The van der Waals surface area contributed by atoms with E-state index in [4.69, 9.17) is 16.3 Å². The van der Waals surface area contributed by atoms with Crippen LogP contribution in [0.3, 0.4) is 0 Å². The molecule has 7 nitrogen and oxygen atoms in total. The molecule has 1 aliphatic rings. The van der Waals surface area contributed by atoms with Crippen molar-refractivity contribution in [3.05, 3.63) is 65.2 Å². The van der Waals surface area contributed by atoms with Gasteiger partial charge in [0, 0.05) is 30.7 Å². The first-order valence-electron chi connectivity index (χ1n) is 10.7. The summed E-state index contributed by atoms with van der Waals surface area (Å²) in [5, 5.41) is 13.4. The maximum Gasteiger partial charge on any atom is 0.330 e. The van der Waals surface area contributed by atoms with Crippen LogP contribution < -0.4 is 15.1 Å². The van der Waals surface area contributed by atoms with Crippen molar-refractivity contribution in [3.8, 4) is 0 Å². The molecule has 0 unspecified atom stereocenters. The number of carbonyl (C=O) groups excluding carboxylic acids is 2. The number of anilines is 3. The summed E-state index contributed by atoms with van der Waals surface area (Å²) in [5.74, 6) is -0.496. The lowest BCUT2D eigenvalue weighted by molar-refractivity contribution is -0.137. The quantitative estimate of drug-likeness (QED) is 0.322. The molecule has 8 heteroatoms. The van der Waals surface area contributed by atoms with Crippen molar-refractivity contribution in [2.75, 3.05) is 49.2 Å². The van der Waals surface area contributed by atoms with E-state index in [-0.39, 0.29) is 25.0 Å². The summed E-state index contributed by atoms with van der Waals surface area (Å²) in [6, 6.07) is 12.9. The van der Waals surface area contributed by atoms with E-state index in [1.165, 1.54) is 6.08 Å². The first-order valence-corrected chi connectivity index (χ1v) is 11.1. The number of hydrogen-bond acceptors (Lipinski definition) is 6. The lowest BCUT2D eigenvalue weighted by Gasteiger charge is -2.27. The Bertz CT molecular complexity index is 979. The largest absolute Gasteiger partial charge is 0.463 e. The van der Waals surface area contributed by atoms with E-state index in [1.807, 2.05) is 30.3 Å². The second-order valence-electron chi connectivity index (χ2n) is 7.19.